The summed E-state index contributed by atoms with van der Waals surface area (Å²) in [5.41, 5.74) is 4.07. The first-order valence-electron chi connectivity index (χ1n) is 10.1. The lowest BCUT2D eigenvalue weighted by molar-refractivity contribution is 0.136. The summed E-state index contributed by atoms with van der Waals surface area (Å²) in [6.45, 7) is 3.45. The Morgan fingerprint density at radius 3 is 2.17 bits per heavy atom. The SMILES string of the molecule is CC(OC/C=C/c1ccccc1)/C(=N/C1(c2ccccc2)CN1)c1ccccc1. The molecule has 0 bridgehead atoms. The van der Waals surface area contributed by atoms with Gasteiger partial charge in [0.2, 0.25) is 0 Å². The lowest BCUT2D eigenvalue weighted by Crippen LogP contribution is -2.25. The molecule has 3 nitrogen and oxygen atoms in total. The first-order valence-corrected chi connectivity index (χ1v) is 10.1. The fourth-order valence-electron chi connectivity index (χ4n) is 3.38. The van der Waals surface area contributed by atoms with E-state index < -0.39 is 0 Å². The molecule has 4 rings (SSSR count). The Bertz CT molecular complexity index is 961. The van der Waals surface area contributed by atoms with Crippen molar-refractivity contribution >= 4 is 11.8 Å². The fraction of sp³-hybridized carbons (Fsp3) is 0.192. The molecule has 2 atom stereocenters. The second kappa shape index (κ2) is 8.99. The van der Waals surface area contributed by atoms with Gasteiger partial charge >= 0.3 is 0 Å². The Hall–Kier alpha value is -3.01. The van der Waals surface area contributed by atoms with Crippen molar-refractivity contribution in [3.8, 4) is 0 Å². The number of nitrogens with zero attached hydrogens (tertiary/aromatic N) is 1. The summed E-state index contributed by atoms with van der Waals surface area (Å²) >= 11 is 0. The predicted octanol–water partition coefficient (Wildman–Crippen LogP) is 5.05. The van der Waals surface area contributed by atoms with Gasteiger partial charge in [-0.05, 0) is 23.6 Å². The molecule has 1 saturated heterocycles. The van der Waals surface area contributed by atoms with Gasteiger partial charge in [0.25, 0.3) is 0 Å². The summed E-state index contributed by atoms with van der Waals surface area (Å²) in [6.07, 6.45) is 4.01. The number of nitrogens with one attached hydrogen (secondary N) is 1. The Balaban J connectivity index is 1.53. The highest BCUT2D eigenvalue weighted by molar-refractivity contribution is 6.04. The molecular weight excluding hydrogens is 356 g/mol. The second-order valence-electron chi connectivity index (χ2n) is 7.23. The van der Waals surface area contributed by atoms with E-state index in [-0.39, 0.29) is 11.8 Å². The summed E-state index contributed by atoms with van der Waals surface area (Å²) in [5.74, 6) is 0. The number of hydrogen-bond acceptors (Lipinski definition) is 3. The van der Waals surface area contributed by atoms with Crippen molar-refractivity contribution in [2.75, 3.05) is 13.2 Å². The van der Waals surface area contributed by atoms with Crippen LogP contribution in [0.2, 0.25) is 0 Å². The fourth-order valence-corrected chi connectivity index (χ4v) is 3.38. The van der Waals surface area contributed by atoms with Crippen LogP contribution in [0.15, 0.2) is 102 Å². The van der Waals surface area contributed by atoms with E-state index in [0.29, 0.717) is 6.61 Å². The van der Waals surface area contributed by atoms with Crippen LogP contribution in [0.5, 0.6) is 0 Å². The molecule has 0 aromatic heterocycles. The first-order chi connectivity index (χ1) is 14.3. The number of benzene rings is 3. The molecule has 1 N–H and O–H groups in total. The zero-order valence-corrected chi connectivity index (χ0v) is 16.7. The highest BCUT2D eigenvalue weighted by Gasteiger charge is 2.44. The van der Waals surface area contributed by atoms with E-state index in [4.69, 9.17) is 9.73 Å². The Morgan fingerprint density at radius 1 is 0.966 bits per heavy atom. The largest absolute Gasteiger partial charge is 0.368 e. The quantitative estimate of drug-likeness (QED) is 0.438. The highest BCUT2D eigenvalue weighted by atomic mass is 16.5. The molecule has 0 saturated carbocycles. The normalized spacial score (nSPS) is 20.0. The predicted molar refractivity (Wildman–Crippen MR) is 120 cm³/mol. The van der Waals surface area contributed by atoms with Crippen LogP contribution in [0, 0.1) is 0 Å². The van der Waals surface area contributed by atoms with Gasteiger partial charge in [-0.25, -0.2) is 0 Å². The van der Waals surface area contributed by atoms with Crippen molar-refractivity contribution in [1.29, 1.82) is 0 Å². The molecular formula is C26H26N2O. The van der Waals surface area contributed by atoms with Crippen molar-refractivity contribution in [1.82, 2.24) is 5.32 Å². The van der Waals surface area contributed by atoms with Gasteiger partial charge in [-0.1, -0.05) is 103 Å². The number of hydrogen-bond donors (Lipinski definition) is 1. The van der Waals surface area contributed by atoms with Crippen LogP contribution in [-0.2, 0) is 10.4 Å². The maximum Gasteiger partial charge on any atom is 0.149 e. The average molecular weight is 383 g/mol. The molecule has 1 aliphatic rings. The summed E-state index contributed by atoms with van der Waals surface area (Å²) < 4.78 is 6.14. The minimum atomic E-state index is -0.343. The van der Waals surface area contributed by atoms with Crippen LogP contribution in [-0.4, -0.2) is 25.0 Å². The van der Waals surface area contributed by atoms with E-state index in [1.807, 2.05) is 42.5 Å². The standard InChI is InChI=1S/C26H26N2O/c1-21(29-19-11-14-22-12-5-2-6-13-22)25(23-15-7-3-8-16-23)28-26(20-27-26)24-17-9-4-10-18-24/h2-18,21,27H,19-20H2,1H3/b14-11+,28-25-. The van der Waals surface area contributed by atoms with Gasteiger partial charge < -0.3 is 4.74 Å². The molecule has 3 aromatic rings. The lowest BCUT2D eigenvalue weighted by atomic mass is 10.0. The zero-order chi connectivity index (χ0) is 19.9. The third kappa shape index (κ3) is 4.89. The van der Waals surface area contributed by atoms with Gasteiger partial charge in [0.15, 0.2) is 0 Å². The van der Waals surface area contributed by atoms with Crippen molar-refractivity contribution in [3.63, 3.8) is 0 Å². The van der Waals surface area contributed by atoms with E-state index >= 15 is 0 Å². The molecule has 0 amide bonds. The maximum absolute atomic E-state index is 6.14. The molecule has 1 aliphatic heterocycles. The monoisotopic (exact) mass is 382 g/mol. The van der Waals surface area contributed by atoms with Crippen LogP contribution in [0.3, 0.4) is 0 Å². The third-order valence-electron chi connectivity index (χ3n) is 5.08. The van der Waals surface area contributed by atoms with E-state index in [0.717, 1.165) is 17.8 Å². The molecule has 1 heterocycles. The summed E-state index contributed by atoms with van der Waals surface area (Å²) in [6, 6.07) is 31.0. The minimum absolute atomic E-state index is 0.124. The van der Waals surface area contributed by atoms with E-state index in [1.165, 1.54) is 11.1 Å². The molecule has 146 valence electrons. The smallest absolute Gasteiger partial charge is 0.149 e. The average Bonchev–Trinajstić information content (AvgIpc) is 3.58. The van der Waals surface area contributed by atoms with E-state index in [9.17, 15) is 0 Å². The zero-order valence-electron chi connectivity index (χ0n) is 16.7. The molecule has 29 heavy (non-hydrogen) atoms. The molecule has 3 aromatic carbocycles. The van der Waals surface area contributed by atoms with E-state index in [1.54, 1.807) is 0 Å². The molecule has 3 heteroatoms. The molecule has 1 fully saturated rings. The van der Waals surface area contributed by atoms with Gasteiger partial charge in [-0.3, -0.25) is 10.3 Å². The molecule has 0 spiro atoms. The third-order valence-corrected chi connectivity index (χ3v) is 5.08. The van der Waals surface area contributed by atoms with Gasteiger partial charge in [-0.15, -0.1) is 0 Å². The van der Waals surface area contributed by atoms with Gasteiger partial charge in [0.1, 0.15) is 5.66 Å². The van der Waals surface area contributed by atoms with Crippen molar-refractivity contribution in [2.24, 2.45) is 4.99 Å². The molecule has 2 unspecified atom stereocenters. The van der Waals surface area contributed by atoms with Crippen LogP contribution < -0.4 is 5.32 Å². The Labute approximate surface area is 172 Å². The summed E-state index contributed by atoms with van der Waals surface area (Å²) in [5, 5.41) is 3.45. The number of ether oxygens (including phenoxy) is 1. The van der Waals surface area contributed by atoms with Gasteiger partial charge in [0.05, 0.1) is 18.4 Å². The Morgan fingerprint density at radius 2 is 1.55 bits per heavy atom. The topological polar surface area (TPSA) is 43.5 Å². The second-order valence-corrected chi connectivity index (χ2v) is 7.23. The van der Waals surface area contributed by atoms with Crippen LogP contribution >= 0.6 is 0 Å². The molecule has 0 aliphatic carbocycles. The van der Waals surface area contributed by atoms with Crippen LogP contribution in [0.25, 0.3) is 6.08 Å². The van der Waals surface area contributed by atoms with Crippen LogP contribution in [0.4, 0.5) is 0 Å². The Kier molecular flexibility index (Phi) is 5.99. The highest BCUT2D eigenvalue weighted by Crippen LogP contribution is 2.33. The van der Waals surface area contributed by atoms with Crippen molar-refractivity contribution in [2.45, 2.75) is 18.7 Å². The van der Waals surface area contributed by atoms with E-state index in [2.05, 4.69) is 72.9 Å². The van der Waals surface area contributed by atoms with Crippen molar-refractivity contribution < 1.29 is 4.74 Å². The lowest BCUT2D eigenvalue weighted by Gasteiger charge is -2.19. The maximum atomic E-state index is 6.14. The summed E-state index contributed by atoms with van der Waals surface area (Å²) in [7, 11) is 0. The van der Waals surface area contributed by atoms with Gasteiger partial charge in [0, 0.05) is 6.54 Å². The summed E-state index contributed by atoms with van der Waals surface area (Å²) in [4.78, 5) is 5.15. The number of aliphatic imine (C=N–C) groups is 1. The number of rotatable bonds is 8. The first kappa shape index (κ1) is 19.3. The van der Waals surface area contributed by atoms with Gasteiger partial charge in [-0.2, -0.15) is 0 Å². The minimum Gasteiger partial charge on any atom is -0.368 e. The molecule has 0 radical (unpaired) electrons. The van der Waals surface area contributed by atoms with Crippen LogP contribution in [0.1, 0.15) is 23.6 Å². The van der Waals surface area contributed by atoms with Crippen molar-refractivity contribution in [3.05, 3.63) is 114 Å².